The number of fused-ring (bicyclic) bond motifs is 1. The van der Waals surface area contributed by atoms with E-state index in [1.807, 2.05) is 30.3 Å². The van der Waals surface area contributed by atoms with Crippen molar-refractivity contribution in [2.24, 2.45) is 11.8 Å². The molecule has 2 aromatic heterocycles. The minimum atomic E-state index is -1.06. The van der Waals surface area contributed by atoms with Gasteiger partial charge in [0.25, 0.3) is 0 Å². The number of nitrogens with zero attached hydrogens (tertiary/aromatic N) is 2. The second kappa shape index (κ2) is 11.9. The average Bonchev–Trinajstić information content (AvgIpc) is 3.38. The lowest BCUT2D eigenvalue weighted by atomic mass is 9.81. The molecule has 4 rings (SSSR count). The highest BCUT2D eigenvalue weighted by Crippen LogP contribution is 2.35. The molecule has 1 fully saturated rings. The van der Waals surface area contributed by atoms with Gasteiger partial charge in [-0.05, 0) is 92.6 Å². The van der Waals surface area contributed by atoms with Crippen molar-refractivity contribution in [1.82, 2.24) is 9.88 Å². The van der Waals surface area contributed by atoms with Gasteiger partial charge in [0.15, 0.2) is 5.09 Å². The highest BCUT2D eigenvalue weighted by molar-refractivity contribution is 7.99. The molecule has 1 aliphatic heterocycles. The number of aliphatic hydroxyl groups is 1. The zero-order valence-electron chi connectivity index (χ0n) is 19.2. The zero-order chi connectivity index (χ0) is 23.0. The van der Waals surface area contributed by atoms with Crippen molar-refractivity contribution < 1.29 is 18.7 Å². The van der Waals surface area contributed by atoms with Gasteiger partial charge in [-0.25, -0.2) is 4.39 Å². The summed E-state index contributed by atoms with van der Waals surface area (Å²) >= 11 is 1.74. The summed E-state index contributed by atoms with van der Waals surface area (Å²) in [7, 11) is 1.61. The van der Waals surface area contributed by atoms with Gasteiger partial charge in [0, 0.05) is 30.5 Å². The van der Waals surface area contributed by atoms with Crippen molar-refractivity contribution in [2.45, 2.75) is 36.9 Å². The summed E-state index contributed by atoms with van der Waals surface area (Å²) in [5.41, 5.74) is 1.45. The first kappa shape index (κ1) is 24.0. The lowest BCUT2D eigenvalue weighted by Crippen LogP contribution is -2.42. The molecule has 178 valence electrons. The van der Waals surface area contributed by atoms with Crippen LogP contribution in [0.5, 0.6) is 5.75 Å². The van der Waals surface area contributed by atoms with E-state index >= 15 is 4.39 Å². The van der Waals surface area contributed by atoms with Crippen molar-refractivity contribution in [3.05, 3.63) is 54.4 Å². The number of piperidine rings is 1. The van der Waals surface area contributed by atoms with Crippen LogP contribution >= 0.6 is 11.8 Å². The molecule has 3 atom stereocenters. The predicted octanol–water partition coefficient (Wildman–Crippen LogP) is 5.74. The lowest BCUT2D eigenvalue weighted by Gasteiger charge is -2.38. The highest BCUT2D eigenvalue weighted by atomic mass is 32.2. The fourth-order valence-electron chi connectivity index (χ4n) is 4.82. The molecule has 3 heterocycles. The smallest absolute Gasteiger partial charge is 0.160 e. The second-order valence-electron chi connectivity index (χ2n) is 8.75. The van der Waals surface area contributed by atoms with Crippen LogP contribution in [0.4, 0.5) is 4.39 Å². The molecule has 1 aromatic carbocycles. The van der Waals surface area contributed by atoms with Gasteiger partial charge in [0.1, 0.15) is 11.9 Å². The Hall–Kier alpha value is -2.09. The Kier molecular flexibility index (Phi) is 8.64. The number of hydrogen-bond acceptors (Lipinski definition) is 6. The molecule has 0 amide bonds. The van der Waals surface area contributed by atoms with Crippen molar-refractivity contribution >= 4 is 22.7 Å². The Morgan fingerprint density at radius 3 is 3.00 bits per heavy atom. The van der Waals surface area contributed by atoms with Gasteiger partial charge in [-0.15, -0.1) is 0 Å². The zero-order valence-corrected chi connectivity index (χ0v) is 20.0. The van der Waals surface area contributed by atoms with E-state index in [1.54, 1.807) is 37.4 Å². The quantitative estimate of drug-likeness (QED) is 0.284. The summed E-state index contributed by atoms with van der Waals surface area (Å²) < 4.78 is 26.0. The molecule has 1 saturated heterocycles. The molecule has 0 aliphatic carbocycles. The number of methoxy groups -OCH3 is 1. The number of aromatic nitrogens is 1. The molecular formula is C26H33FN2O3S. The van der Waals surface area contributed by atoms with Crippen LogP contribution in [-0.2, 0) is 0 Å². The normalized spacial score (nSPS) is 20.2. The van der Waals surface area contributed by atoms with Gasteiger partial charge in [-0.3, -0.25) is 4.98 Å². The van der Waals surface area contributed by atoms with Crippen LogP contribution < -0.4 is 4.74 Å². The number of aliphatic hydroxyl groups excluding tert-OH is 1. The number of rotatable bonds is 11. The molecule has 0 spiro atoms. The van der Waals surface area contributed by atoms with Gasteiger partial charge >= 0.3 is 0 Å². The van der Waals surface area contributed by atoms with Gasteiger partial charge in [0.2, 0.25) is 0 Å². The number of thioether (sulfide) groups is 1. The fraction of sp³-hybridized carbons (Fsp3) is 0.500. The van der Waals surface area contributed by atoms with Gasteiger partial charge in [0.05, 0.1) is 18.9 Å². The number of ether oxygens (including phenoxy) is 1. The number of hydrogen-bond donors (Lipinski definition) is 1. The largest absolute Gasteiger partial charge is 0.497 e. The van der Waals surface area contributed by atoms with E-state index in [9.17, 15) is 5.11 Å². The minimum absolute atomic E-state index is 0.161. The number of halogens is 1. The Labute approximate surface area is 199 Å². The maximum Gasteiger partial charge on any atom is 0.160 e. The van der Waals surface area contributed by atoms with Gasteiger partial charge in [-0.2, -0.15) is 0 Å². The fourth-order valence-corrected chi connectivity index (χ4v) is 5.59. The summed E-state index contributed by atoms with van der Waals surface area (Å²) in [6, 6.07) is 11.3. The third-order valence-electron chi connectivity index (χ3n) is 6.68. The van der Waals surface area contributed by atoms with Crippen LogP contribution in [0, 0.1) is 11.8 Å². The molecule has 0 radical (unpaired) electrons. The van der Waals surface area contributed by atoms with Crippen LogP contribution in [0.1, 0.15) is 37.4 Å². The lowest BCUT2D eigenvalue weighted by molar-refractivity contribution is 0.0640. The number of likely N-dealkylation sites (tertiary alicyclic amines) is 1. The predicted molar refractivity (Wildman–Crippen MR) is 131 cm³/mol. The highest BCUT2D eigenvalue weighted by Gasteiger charge is 2.29. The molecule has 5 nitrogen and oxygen atoms in total. The van der Waals surface area contributed by atoms with E-state index < -0.39 is 6.17 Å². The third-order valence-corrected chi connectivity index (χ3v) is 7.69. The Morgan fingerprint density at radius 2 is 2.21 bits per heavy atom. The van der Waals surface area contributed by atoms with Crippen LogP contribution in [0.25, 0.3) is 10.9 Å². The van der Waals surface area contributed by atoms with Crippen molar-refractivity contribution in [3.8, 4) is 5.75 Å². The molecule has 1 aliphatic rings. The van der Waals surface area contributed by atoms with E-state index in [4.69, 9.17) is 9.15 Å². The second-order valence-corrected chi connectivity index (χ2v) is 9.85. The molecule has 3 aromatic rings. The summed E-state index contributed by atoms with van der Waals surface area (Å²) in [5, 5.41) is 11.8. The maximum atomic E-state index is 15.3. The van der Waals surface area contributed by atoms with Crippen molar-refractivity contribution in [3.63, 3.8) is 0 Å². The van der Waals surface area contributed by atoms with Crippen molar-refractivity contribution in [1.29, 1.82) is 0 Å². The molecule has 33 heavy (non-hydrogen) atoms. The number of furan rings is 1. The molecule has 0 unspecified atom stereocenters. The minimum Gasteiger partial charge on any atom is -0.497 e. The molecule has 0 saturated carbocycles. The standard InChI is InChI=1S/C26H33FN2O3S/c1-31-21-6-8-25-23(16-21)22(9-11-28-25)24(27)7-5-19-10-13-29(17-20(19)18-30)12-3-15-33-26-4-2-14-32-26/h2,4,6,8-9,11,14,16,19-20,24,30H,3,5,7,10,12-13,15,17-18H2,1H3/t19-,20-,24-/m1/s1. The number of benzene rings is 1. The topological polar surface area (TPSA) is 58.7 Å². The van der Waals surface area contributed by atoms with E-state index in [2.05, 4.69) is 9.88 Å². The summed E-state index contributed by atoms with van der Waals surface area (Å²) in [4.78, 5) is 6.80. The molecule has 7 heteroatoms. The van der Waals surface area contributed by atoms with Crippen molar-refractivity contribution in [2.75, 3.05) is 39.1 Å². The monoisotopic (exact) mass is 472 g/mol. The van der Waals surface area contributed by atoms with E-state index in [-0.39, 0.29) is 12.5 Å². The summed E-state index contributed by atoms with van der Waals surface area (Å²) in [6.45, 7) is 3.08. The molecule has 1 N–H and O–H groups in total. The Bertz CT molecular complexity index is 1000. The average molecular weight is 473 g/mol. The Morgan fingerprint density at radius 1 is 1.30 bits per heavy atom. The first-order valence-electron chi connectivity index (χ1n) is 11.7. The van der Waals surface area contributed by atoms with E-state index in [0.29, 0.717) is 23.7 Å². The van der Waals surface area contributed by atoms with Crippen LogP contribution in [-0.4, -0.2) is 54.1 Å². The van der Waals surface area contributed by atoms with Crippen LogP contribution in [0.2, 0.25) is 0 Å². The molecule has 0 bridgehead atoms. The van der Waals surface area contributed by atoms with Crippen LogP contribution in [0.3, 0.4) is 0 Å². The number of pyridine rings is 1. The summed E-state index contributed by atoms with van der Waals surface area (Å²) in [5.74, 6) is 2.28. The van der Waals surface area contributed by atoms with Crippen LogP contribution in [0.15, 0.2) is 58.4 Å². The van der Waals surface area contributed by atoms with E-state index in [1.165, 1.54) is 0 Å². The van der Waals surface area contributed by atoms with E-state index in [0.717, 1.165) is 60.6 Å². The first-order valence-corrected chi connectivity index (χ1v) is 12.7. The third kappa shape index (κ3) is 6.28. The van der Waals surface area contributed by atoms with Gasteiger partial charge < -0.3 is 19.2 Å². The molecular weight excluding hydrogens is 439 g/mol. The summed E-state index contributed by atoms with van der Waals surface area (Å²) in [6.07, 6.45) is 5.65. The number of alkyl halides is 1. The van der Waals surface area contributed by atoms with Gasteiger partial charge in [-0.1, -0.05) is 11.8 Å². The Balaban J connectivity index is 1.27. The maximum absolute atomic E-state index is 15.3. The first-order chi connectivity index (χ1) is 16.2. The SMILES string of the molecule is COc1ccc2nccc([C@H](F)CC[C@@H]3CCN(CCCSc4ccco4)C[C@@H]3CO)c2c1.